The minimum atomic E-state index is -0.297. The molecule has 0 atom stereocenters. The SMILES string of the molecule is CC(C)(C)N(C(=O)c1cccc([O-])c1)C(C)(C)C.[Na+]. The van der Waals surface area contributed by atoms with Crippen molar-refractivity contribution in [3.05, 3.63) is 29.8 Å². The van der Waals surface area contributed by atoms with Crippen LogP contribution in [0.1, 0.15) is 51.9 Å². The van der Waals surface area contributed by atoms with Crippen LogP contribution in [0.4, 0.5) is 0 Å². The summed E-state index contributed by atoms with van der Waals surface area (Å²) in [5.41, 5.74) is -0.144. The Morgan fingerprint density at radius 2 is 1.53 bits per heavy atom. The Kier molecular flexibility index (Phi) is 6.12. The molecule has 19 heavy (non-hydrogen) atoms. The van der Waals surface area contributed by atoms with E-state index in [4.69, 9.17) is 0 Å². The summed E-state index contributed by atoms with van der Waals surface area (Å²) in [6.45, 7) is 12.0. The average Bonchev–Trinajstić information content (AvgIpc) is 2.12. The smallest absolute Gasteiger partial charge is 0.872 e. The van der Waals surface area contributed by atoms with Crippen molar-refractivity contribution < 1.29 is 39.5 Å². The Bertz CT molecular complexity index is 430. The molecule has 0 aliphatic rings. The first kappa shape index (κ1) is 18.5. The standard InChI is InChI=1S/C15H23NO2.Na/c1-14(2,3)16(15(4,5)6)13(18)11-8-7-9-12(17)10-11;/h7-10,17H,1-6H3;/q;+1/p-1. The molecule has 1 rings (SSSR count). The number of carbonyl (C=O) groups excluding carboxylic acids is 1. The molecule has 3 nitrogen and oxygen atoms in total. The van der Waals surface area contributed by atoms with Crippen LogP contribution in [0.5, 0.6) is 5.75 Å². The minimum Gasteiger partial charge on any atom is -0.872 e. The van der Waals surface area contributed by atoms with Gasteiger partial charge in [0.25, 0.3) is 5.91 Å². The third-order valence-electron chi connectivity index (χ3n) is 2.63. The van der Waals surface area contributed by atoms with Crippen LogP contribution in [0.25, 0.3) is 0 Å². The fourth-order valence-electron chi connectivity index (χ4n) is 2.37. The Balaban J connectivity index is 0.00000324. The summed E-state index contributed by atoms with van der Waals surface area (Å²) in [7, 11) is 0. The van der Waals surface area contributed by atoms with Gasteiger partial charge in [0.05, 0.1) is 0 Å². The van der Waals surface area contributed by atoms with Crippen LogP contribution < -0.4 is 34.7 Å². The predicted octanol–water partition coefficient (Wildman–Crippen LogP) is -0.197. The molecule has 0 fully saturated rings. The summed E-state index contributed by atoms with van der Waals surface area (Å²) in [5, 5.41) is 11.3. The zero-order chi connectivity index (χ0) is 14.1. The van der Waals surface area contributed by atoms with Crippen molar-refractivity contribution in [3.8, 4) is 5.75 Å². The summed E-state index contributed by atoms with van der Waals surface area (Å²) in [4.78, 5) is 14.4. The van der Waals surface area contributed by atoms with Gasteiger partial charge in [-0.3, -0.25) is 4.79 Å². The Labute approximate surface area is 138 Å². The number of carbonyl (C=O) groups is 1. The van der Waals surface area contributed by atoms with Crippen LogP contribution >= 0.6 is 0 Å². The summed E-state index contributed by atoms with van der Waals surface area (Å²) in [5.74, 6) is -0.240. The molecule has 100 valence electrons. The zero-order valence-electron chi connectivity index (χ0n) is 13.1. The van der Waals surface area contributed by atoms with E-state index in [-0.39, 0.29) is 52.3 Å². The third kappa shape index (κ3) is 4.83. The summed E-state index contributed by atoms with van der Waals surface area (Å²) >= 11 is 0. The predicted molar refractivity (Wildman–Crippen MR) is 71.6 cm³/mol. The summed E-state index contributed by atoms with van der Waals surface area (Å²) in [6, 6.07) is 6.16. The van der Waals surface area contributed by atoms with Crippen LogP contribution in [0, 0.1) is 0 Å². The molecule has 0 unspecified atom stereocenters. The molecule has 0 N–H and O–H groups in total. The van der Waals surface area contributed by atoms with Crippen LogP contribution in [-0.4, -0.2) is 21.9 Å². The van der Waals surface area contributed by atoms with Crippen molar-refractivity contribution in [1.82, 2.24) is 4.90 Å². The van der Waals surface area contributed by atoms with Crippen molar-refractivity contribution in [2.75, 3.05) is 0 Å². The van der Waals surface area contributed by atoms with E-state index < -0.39 is 0 Å². The third-order valence-corrected chi connectivity index (χ3v) is 2.63. The van der Waals surface area contributed by atoms with E-state index in [1.807, 2.05) is 46.4 Å². The second-order valence-electron chi connectivity index (χ2n) is 6.51. The van der Waals surface area contributed by atoms with Gasteiger partial charge in [-0.25, -0.2) is 0 Å². The van der Waals surface area contributed by atoms with Crippen molar-refractivity contribution in [1.29, 1.82) is 0 Å². The molecule has 0 aliphatic heterocycles. The van der Waals surface area contributed by atoms with E-state index >= 15 is 0 Å². The van der Waals surface area contributed by atoms with Crippen molar-refractivity contribution in [2.45, 2.75) is 52.6 Å². The van der Waals surface area contributed by atoms with E-state index in [0.29, 0.717) is 5.56 Å². The molecule has 0 heterocycles. The molecule has 0 aliphatic carbocycles. The Morgan fingerprint density at radius 3 is 1.89 bits per heavy atom. The minimum absolute atomic E-state index is 0. The Morgan fingerprint density at radius 1 is 1.05 bits per heavy atom. The maximum atomic E-state index is 12.6. The van der Waals surface area contributed by atoms with Gasteiger partial charge in [0, 0.05) is 16.6 Å². The van der Waals surface area contributed by atoms with Crippen molar-refractivity contribution >= 4 is 5.91 Å². The molecule has 1 amide bonds. The number of hydrogen-bond donors (Lipinski definition) is 0. The molecular weight excluding hydrogens is 249 g/mol. The van der Waals surface area contributed by atoms with Gasteiger partial charge < -0.3 is 10.0 Å². The molecule has 1 aromatic carbocycles. The van der Waals surface area contributed by atoms with Gasteiger partial charge in [0.15, 0.2) is 0 Å². The number of benzene rings is 1. The first-order valence-corrected chi connectivity index (χ1v) is 6.15. The molecular formula is C15H22NNaO2. The topological polar surface area (TPSA) is 43.4 Å². The van der Waals surface area contributed by atoms with E-state index in [9.17, 15) is 9.90 Å². The second-order valence-corrected chi connectivity index (χ2v) is 6.51. The number of amides is 1. The van der Waals surface area contributed by atoms with Gasteiger partial charge in [-0.2, -0.15) is 0 Å². The van der Waals surface area contributed by atoms with Crippen molar-refractivity contribution in [3.63, 3.8) is 0 Å². The quantitative estimate of drug-likeness (QED) is 0.664. The van der Waals surface area contributed by atoms with Gasteiger partial charge in [-0.05, 0) is 47.6 Å². The van der Waals surface area contributed by atoms with Crippen molar-refractivity contribution in [2.24, 2.45) is 0 Å². The molecule has 1 aromatic rings. The van der Waals surface area contributed by atoms with Crippen LogP contribution in [0.2, 0.25) is 0 Å². The van der Waals surface area contributed by atoms with E-state index in [2.05, 4.69) is 0 Å². The van der Waals surface area contributed by atoms with Gasteiger partial charge in [0.2, 0.25) is 0 Å². The maximum Gasteiger partial charge on any atom is 1.00 e. The fourth-order valence-corrected chi connectivity index (χ4v) is 2.37. The average molecular weight is 271 g/mol. The van der Waals surface area contributed by atoms with Gasteiger partial charge in [-0.15, -0.1) is 5.75 Å². The molecule has 4 heteroatoms. The Hall–Kier alpha value is -0.510. The molecule has 0 radical (unpaired) electrons. The zero-order valence-corrected chi connectivity index (χ0v) is 15.1. The van der Waals surface area contributed by atoms with Gasteiger partial charge in [-0.1, -0.05) is 18.2 Å². The first-order valence-electron chi connectivity index (χ1n) is 6.15. The van der Waals surface area contributed by atoms with E-state index in [1.165, 1.54) is 12.1 Å². The largest absolute Gasteiger partial charge is 1.00 e. The monoisotopic (exact) mass is 271 g/mol. The summed E-state index contributed by atoms with van der Waals surface area (Å²) in [6.07, 6.45) is 0. The maximum absolute atomic E-state index is 12.6. The fraction of sp³-hybridized carbons (Fsp3) is 0.533. The molecule has 0 saturated heterocycles. The number of rotatable bonds is 1. The van der Waals surface area contributed by atoms with Gasteiger partial charge in [0.1, 0.15) is 0 Å². The molecule has 0 aromatic heterocycles. The normalized spacial score (nSPS) is 11.7. The molecule has 0 saturated carbocycles. The van der Waals surface area contributed by atoms with E-state index in [0.717, 1.165) is 0 Å². The molecule has 0 bridgehead atoms. The van der Waals surface area contributed by atoms with E-state index in [1.54, 1.807) is 12.1 Å². The summed E-state index contributed by atoms with van der Waals surface area (Å²) < 4.78 is 0. The van der Waals surface area contributed by atoms with Crippen LogP contribution in [0.3, 0.4) is 0 Å². The van der Waals surface area contributed by atoms with Crippen LogP contribution in [0.15, 0.2) is 24.3 Å². The number of hydrogen-bond acceptors (Lipinski definition) is 2. The van der Waals surface area contributed by atoms with Crippen LogP contribution in [-0.2, 0) is 0 Å². The second kappa shape index (κ2) is 6.29. The number of nitrogens with zero attached hydrogens (tertiary/aromatic N) is 1. The van der Waals surface area contributed by atoms with Gasteiger partial charge >= 0.3 is 29.6 Å². The molecule has 0 spiro atoms. The first-order chi connectivity index (χ1) is 8.03.